The van der Waals surface area contributed by atoms with Gasteiger partial charge in [-0.15, -0.1) is 0 Å². The zero-order valence-corrected chi connectivity index (χ0v) is 17.3. The SMILES string of the molecule is CC(NC(=O)C1(c2ccc(Br)cc2)CCOCC1)c1ccc(Br)cc1. The molecule has 0 spiro atoms. The molecule has 0 saturated carbocycles. The lowest BCUT2D eigenvalue weighted by Crippen LogP contribution is -2.48. The summed E-state index contributed by atoms with van der Waals surface area (Å²) in [6.07, 6.45) is 1.40. The van der Waals surface area contributed by atoms with E-state index < -0.39 is 5.41 Å². The topological polar surface area (TPSA) is 38.3 Å². The second-order valence-electron chi connectivity index (χ2n) is 6.45. The van der Waals surface area contributed by atoms with E-state index in [0.29, 0.717) is 26.1 Å². The van der Waals surface area contributed by atoms with Crippen LogP contribution in [0.15, 0.2) is 57.5 Å². The maximum absolute atomic E-state index is 13.3. The van der Waals surface area contributed by atoms with Crippen molar-refractivity contribution in [3.8, 4) is 0 Å². The molecule has 132 valence electrons. The molecule has 1 atom stereocenters. The molecular weight excluding hydrogens is 446 g/mol. The van der Waals surface area contributed by atoms with Crippen molar-refractivity contribution in [1.29, 1.82) is 0 Å². The quantitative estimate of drug-likeness (QED) is 0.677. The van der Waals surface area contributed by atoms with Crippen LogP contribution < -0.4 is 5.32 Å². The number of hydrogen-bond acceptors (Lipinski definition) is 2. The lowest BCUT2D eigenvalue weighted by Gasteiger charge is -2.37. The Morgan fingerprint density at radius 2 is 1.52 bits per heavy atom. The Morgan fingerprint density at radius 3 is 2.08 bits per heavy atom. The van der Waals surface area contributed by atoms with Gasteiger partial charge >= 0.3 is 0 Å². The Kier molecular flexibility index (Phi) is 5.97. The second-order valence-corrected chi connectivity index (χ2v) is 8.28. The smallest absolute Gasteiger partial charge is 0.231 e. The number of halogens is 2. The van der Waals surface area contributed by atoms with Crippen LogP contribution in [0, 0.1) is 0 Å². The summed E-state index contributed by atoms with van der Waals surface area (Å²) in [6, 6.07) is 16.1. The molecule has 2 aromatic carbocycles. The Hall–Kier alpha value is -1.17. The second kappa shape index (κ2) is 8.02. The van der Waals surface area contributed by atoms with Crippen molar-refractivity contribution in [2.45, 2.75) is 31.2 Å². The fourth-order valence-electron chi connectivity index (χ4n) is 3.31. The molecule has 3 nitrogen and oxygen atoms in total. The van der Waals surface area contributed by atoms with Gasteiger partial charge in [0.15, 0.2) is 0 Å². The Labute approximate surface area is 165 Å². The summed E-state index contributed by atoms with van der Waals surface area (Å²) >= 11 is 6.92. The van der Waals surface area contributed by atoms with E-state index in [1.807, 2.05) is 55.5 Å². The minimum Gasteiger partial charge on any atom is -0.381 e. The zero-order valence-electron chi connectivity index (χ0n) is 14.1. The summed E-state index contributed by atoms with van der Waals surface area (Å²) in [6.45, 7) is 3.24. The third-order valence-electron chi connectivity index (χ3n) is 4.90. The molecule has 0 bridgehead atoms. The van der Waals surface area contributed by atoms with E-state index in [-0.39, 0.29) is 11.9 Å². The molecule has 1 unspecified atom stereocenters. The van der Waals surface area contributed by atoms with Crippen molar-refractivity contribution in [3.63, 3.8) is 0 Å². The van der Waals surface area contributed by atoms with E-state index in [0.717, 1.165) is 20.1 Å². The molecule has 2 aromatic rings. The van der Waals surface area contributed by atoms with Gasteiger partial charge in [-0.1, -0.05) is 56.1 Å². The van der Waals surface area contributed by atoms with Gasteiger partial charge in [0.05, 0.1) is 11.5 Å². The molecule has 1 saturated heterocycles. The molecule has 1 N–H and O–H groups in total. The highest BCUT2D eigenvalue weighted by atomic mass is 79.9. The van der Waals surface area contributed by atoms with Crippen LogP contribution in [-0.2, 0) is 14.9 Å². The average Bonchev–Trinajstić information content (AvgIpc) is 2.63. The summed E-state index contributed by atoms with van der Waals surface area (Å²) in [7, 11) is 0. The maximum Gasteiger partial charge on any atom is 0.231 e. The molecule has 25 heavy (non-hydrogen) atoms. The predicted octanol–water partition coefficient (Wildman–Crippen LogP) is 5.14. The van der Waals surface area contributed by atoms with Gasteiger partial charge in [-0.05, 0) is 55.2 Å². The molecule has 3 rings (SSSR count). The summed E-state index contributed by atoms with van der Waals surface area (Å²) in [5.41, 5.74) is 1.62. The summed E-state index contributed by atoms with van der Waals surface area (Å²) in [4.78, 5) is 13.3. The van der Waals surface area contributed by atoms with E-state index in [4.69, 9.17) is 4.74 Å². The first kappa shape index (κ1) is 18.6. The fourth-order valence-corrected chi connectivity index (χ4v) is 3.83. The van der Waals surface area contributed by atoms with E-state index in [2.05, 4.69) is 37.2 Å². The molecule has 5 heteroatoms. The molecule has 0 aliphatic carbocycles. The molecule has 0 aromatic heterocycles. The molecule has 0 radical (unpaired) electrons. The fraction of sp³-hybridized carbons (Fsp3) is 0.350. The third kappa shape index (κ3) is 4.15. The maximum atomic E-state index is 13.3. The van der Waals surface area contributed by atoms with Crippen LogP contribution in [0.4, 0.5) is 0 Å². The molecule has 1 heterocycles. The van der Waals surface area contributed by atoms with Crippen molar-refractivity contribution in [1.82, 2.24) is 5.32 Å². The van der Waals surface area contributed by atoms with Gasteiger partial charge in [0.2, 0.25) is 5.91 Å². The summed E-state index contributed by atoms with van der Waals surface area (Å²) in [5, 5.41) is 3.22. The first-order valence-electron chi connectivity index (χ1n) is 8.41. The third-order valence-corrected chi connectivity index (χ3v) is 5.95. The van der Waals surface area contributed by atoms with Gasteiger partial charge in [-0.3, -0.25) is 4.79 Å². The van der Waals surface area contributed by atoms with Gasteiger partial charge in [-0.25, -0.2) is 0 Å². The Bertz CT molecular complexity index is 722. The number of nitrogens with one attached hydrogen (secondary N) is 1. The van der Waals surface area contributed by atoms with Gasteiger partial charge in [0, 0.05) is 22.2 Å². The molecular formula is C20H21Br2NO2. The van der Waals surface area contributed by atoms with Crippen molar-refractivity contribution < 1.29 is 9.53 Å². The Morgan fingerprint density at radius 1 is 1.00 bits per heavy atom. The number of hydrogen-bond donors (Lipinski definition) is 1. The monoisotopic (exact) mass is 465 g/mol. The lowest BCUT2D eigenvalue weighted by atomic mass is 9.73. The standard InChI is InChI=1S/C20H21Br2NO2/c1-14(15-2-6-17(21)7-3-15)23-19(24)20(10-12-25-13-11-20)16-4-8-18(22)9-5-16/h2-9,14H,10-13H2,1H3,(H,23,24). The lowest BCUT2D eigenvalue weighted by molar-refractivity contribution is -0.131. The highest BCUT2D eigenvalue weighted by molar-refractivity contribution is 9.10. The largest absolute Gasteiger partial charge is 0.381 e. The van der Waals surface area contributed by atoms with Gasteiger partial charge in [-0.2, -0.15) is 0 Å². The van der Waals surface area contributed by atoms with Gasteiger partial charge < -0.3 is 10.1 Å². The van der Waals surface area contributed by atoms with Crippen LogP contribution in [0.5, 0.6) is 0 Å². The number of ether oxygens (including phenoxy) is 1. The van der Waals surface area contributed by atoms with Crippen molar-refractivity contribution in [2.24, 2.45) is 0 Å². The average molecular weight is 467 g/mol. The van der Waals surface area contributed by atoms with E-state index >= 15 is 0 Å². The number of amides is 1. The van der Waals surface area contributed by atoms with Crippen molar-refractivity contribution in [3.05, 3.63) is 68.6 Å². The highest BCUT2D eigenvalue weighted by Gasteiger charge is 2.42. The van der Waals surface area contributed by atoms with Crippen LogP contribution in [0.1, 0.15) is 36.9 Å². The number of carbonyl (C=O) groups excluding carboxylic acids is 1. The number of carbonyl (C=O) groups is 1. The first-order chi connectivity index (χ1) is 12.0. The van der Waals surface area contributed by atoms with Crippen LogP contribution in [0.3, 0.4) is 0 Å². The minimum atomic E-state index is -0.525. The van der Waals surface area contributed by atoms with E-state index in [1.54, 1.807) is 0 Å². The van der Waals surface area contributed by atoms with Crippen LogP contribution in [-0.4, -0.2) is 19.1 Å². The molecule has 1 amide bonds. The van der Waals surface area contributed by atoms with Gasteiger partial charge in [0.25, 0.3) is 0 Å². The van der Waals surface area contributed by atoms with Crippen LogP contribution in [0.2, 0.25) is 0 Å². The minimum absolute atomic E-state index is 0.0456. The van der Waals surface area contributed by atoms with E-state index in [9.17, 15) is 4.79 Å². The zero-order chi connectivity index (χ0) is 17.9. The predicted molar refractivity (Wildman–Crippen MR) is 107 cm³/mol. The van der Waals surface area contributed by atoms with E-state index in [1.165, 1.54) is 0 Å². The van der Waals surface area contributed by atoms with Crippen LogP contribution in [0.25, 0.3) is 0 Å². The Balaban J connectivity index is 1.84. The molecule has 1 aliphatic rings. The molecule has 1 aliphatic heterocycles. The number of benzene rings is 2. The van der Waals surface area contributed by atoms with Crippen molar-refractivity contribution in [2.75, 3.05) is 13.2 Å². The normalized spacial score (nSPS) is 17.7. The van der Waals surface area contributed by atoms with Crippen molar-refractivity contribution >= 4 is 37.8 Å². The first-order valence-corrected chi connectivity index (χ1v) is 10.00. The summed E-state index contributed by atoms with van der Waals surface area (Å²) in [5.74, 6) is 0.0774. The number of rotatable bonds is 4. The van der Waals surface area contributed by atoms with Gasteiger partial charge in [0.1, 0.15) is 0 Å². The highest BCUT2D eigenvalue weighted by Crippen LogP contribution is 2.36. The van der Waals surface area contributed by atoms with Crippen LogP contribution >= 0.6 is 31.9 Å². The molecule has 1 fully saturated rings. The summed E-state index contributed by atoms with van der Waals surface area (Å²) < 4.78 is 7.58.